The molecule has 7 nitrogen and oxygen atoms in total. The van der Waals surface area contributed by atoms with E-state index in [4.69, 9.17) is 9.72 Å². The summed E-state index contributed by atoms with van der Waals surface area (Å²) in [6.07, 6.45) is 7.77. The molecule has 8 heteroatoms. The summed E-state index contributed by atoms with van der Waals surface area (Å²) in [4.78, 5) is 24.7. The molecule has 2 amide bonds. The normalized spacial score (nSPS) is 22.2. The van der Waals surface area contributed by atoms with Crippen LogP contribution in [0.1, 0.15) is 56.9 Å². The molecule has 2 aromatic rings. The summed E-state index contributed by atoms with van der Waals surface area (Å²) >= 11 is 1.49. The Kier molecular flexibility index (Phi) is 8.44. The summed E-state index contributed by atoms with van der Waals surface area (Å²) in [5.41, 5.74) is 3.28. The van der Waals surface area contributed by atoms with E-state index >= 15 is 0 Å². The molecule has 2 saturated heterocycles. The molecule has 2 aliphatic heterocycles. The van der Waals surface area contributed by atoms with Crippen LogP contribution in [-0.4, -0.2) is 85.2 Å². The minimum atomic E-state index is -0.0438. The van der Waals surface area contributed by atoms with Gasteiger partial charge in [0.15, 0.2) is 5.13 Å². The number of carbonyl (C=O) groups excluding carboxylic acids is 1. The lowest BCUT2D eigenvalue weighted by atomic mass is 9.95. The number of thiazole rings is 1. The van der Waals surface area contributed by atoms with Crippen molar-refractivity contribution in [3.63, 3.8) is 0 Å². The highest BCUT2D eigenvalue weighted by Gasteiger charge is 2.26. The van der Waals surface area contributed by atoms with Crippen molar-refractivity contribution in [3.8, 4) is 17.0 Å². The SMILES string of the molecule is CCOc1ccc(C2CCCC2)cc1-c1csc(NC(=O)N2CCN(CC3CCCN(C)C3)CC2)n1. The van der Waals surface area contributed by atoms with Crippen molar-refractivity contribution in [2.24, 2.45) is 5.92 Å². The Labute approximate surface area is 219 Å². The molecule has 3 aliphatic rings. The first-order chi connectivity index (χ1) is 17.6. The van der Waals surface area contributed by atoms with Gasteiger partial charge in [0, 0.05) is 50.2 Å². The summed E-state index contributed by atoms with van der Waals surface area (Å²) in [6.45, 7) is 9.63. The van der Waals surface area contributed by atoms with Gasteiger partial charge in [-0.2, -0.15) is 0 Å². The zero-order valence-corrected chi connectivity index (χ0v) is 22.7. The van der Waals surface area contributed by atoms with Gasteiger partial charge in [0.2, 0.25) is 0 Å². The average molecular weight is 512 g/mol. The van der Waals surface area contributed by atoms with Crippen LogP contribution in [0.3, 0.4) is 0 Å². The molecule has 5 rings (SSSR count). The van der Waals surface area contributed by atoms with Gasteiger partial charge in [0.1, 0.15) is 5.75 Å². The first-order valence-corrected chi connectivity index (χ1v) is 14.7. The average Bonchev–Trinajstić information content (AvgIpc) is 3.58. The first-order valence-electron chi connectivity index (χ1n) is 13.8. The summed E-state index contributed by atoms with van der Waals surface area (Å²) in [6, 6.07) is 6.52. The Hall–Kier alpha value is -2.16. The Morgan fingerprint density at radius 2 is 1.92 bits per heavy atom. The number of nitrogens with zero attached hydrogens (tertiary/aromatic N) is 4. The van der Waals surface area contributed by atoms with Crippen molar-refractivity contribution in [1.82, 2.24) is 19.7 Å². The topological polar surface area (TPSA) is 60.9 Å². The number of carbonyl (C=O) groups is 1. The second-order valence-corrected chi connectivity index (χ2v) is 11.6. The third-order valence-corrected chi connectivity index (χ3v) is 8.78. The van der Waals surface area contributed by atoms with Crippen LogP contribution in [0.4, 0.5) is 9.93 Å². The van der Waals surface area contributed by atoms with E-state index < -0.39 is 0 Å². The number of anilines is 1. The lowest BCUT2D eigenvalue weighted by Crippen LogP contribution is -2.51. The summed E-state index contributed by atoms with van der Waals surface area (Å²) in [5.74, 6) is 2.25. The molecule has 1 N–H and O–H groups in total. The van der Waals surface area contributed by atoms with Crippen LogP contribution in [0.2, 0.25) is 0 Å². The second kappa shape index (κ2) is 11.9. The number of likely N-dealkylation sites (tertiary alicyclic amines) is 1. The van der Waals surface area contributed by atoms with E-state index in [-0.39, 0.29) is 6.03 Å². The molecule has 1 aromatic carbocycles. The third kappa shape index (κ3) is 6.21. The number of hydrogen-bond donors (Lipinski definition) is 1. The Morgan fingerprint density at radius 3 is 2.67 bits per heavy atom. The number of aromatic nitrogens is 1. The summed E-state index contributed by atoms with van der Waals surface area (Å²) < 4.78 is 5.93. The maximum atomic E-state index is 13.0. The molecule has 0 bridgehead atoms. The van der Waals surface area contributed by atoms with E-state index in [9.17, 15) is 4.79 Å². The molecule has 36 heavy (non-hydrogen) atoms. The molecule has 1 aromatic heterocycles. The smallest absolute Gasteiger partial charge is 0.323 e. The van der Waals surface area contributed by atoms with E-state index in [0.29, 0.717) is 17.7 Å². The number of rotatable bonds is 7. The van der Waals surface area contributed by atoms with Crippen molar-refractivity contribution in [1.29, 1.82) is 0 Å². The number of urea groups is 1. The number of amides is 2. The molecule has 1 aliphatic carbocycles. The van der Waals surface area contributed by atoms with Gasteiger partial charge in [-0.15, -0.1) is 11.3 Å². The highest BCUT2D eigenvalue weighted by molar-refractivity contribution is 7.14. The van der Waals surface area contributed by atoms with Gasteiger partial charge in [0.05, 0.1) is 12.3 Å². The van der Waals surface area contributed by atoms with Crippen LogP contribution < -0.4 is 10.1 Å². The molecule has 0 radical (unpaired) electrons. The summed E-state index contributed by atoms with van der Waals surface area (Å²) in [5, 5.41) is 5.74. The standard InChI is InChI=1S/C28H41N5O2S/c1-3-35-26-11-10-23(22-8-4-5-9-22)17-24(26)25-20-36-27(29-25)30-28(34)33-15-13-32(14-16-33)19-21-7-6-12-31(2)18-21/h10-11,17,20-22H,3-9,12-16,18-19H2,1-2H3,(H,29,30,34). The van der Waals surface area contributed by atoms with Gasteiger partial charge < -0.3 is 14.5 Å². The predicted molar refractivity (Wildman–Crippen MR) is 147 cm³/mol. The van der Waals surface area contributed by atoms with Crippen LogP contribution in [0.25, 0.3) is 11.3 Å². The van der Waals surface area contributed by atoms with Crippen LogP contribution in [0, 0.1) is 5.92 Å². The maximum Gasteiger partial charge on any atom is 0.323 e. The molecule has 0 spiro atoms. The van der Waals surface area contributed by atoms with Crippen molar-refractivity contribution in [3.05, 3.63) is 29.1 Å². The molecular weight excluding hydrogens is 470 g/mol. The minimum Gasteiger partial charge on any atom is -0.493 e. The van der Waals surface area contributed by atoms with Crippen LogP contribution in [0.15, 0.2) is 23.6 Å². The van der Waals surface area contributed by atoms with E-state index in [0.717, 1.165) is 55.6 Å². The predicted octanol–water partition coefficient (Wildman–Crippen LogP) is 5.36. The van der Waals surface area contributed by atoms with Crippen molar-refractivity contribution < 1.29 is 9.53 Å². The maximum absolute atomic E-state index is 13.0. The van der Waals surface area contributed by atoms with Crippen LogP contribution in [-0.2, 0) is 0 Å². The van der Waals surface area contributed by atoms with Crippen molar-refractivity contribution in [2.75, 3.05) is 64.8 Å². The number of ether oxygens (including phenoxy) is 1. The number of nitrogens with one attached hydrogen (secondary N) is 1. The van der Waals surface area contributed by atoms with Gasteiger partial charge in [-0.3, -0.25) is 10.2 Å². The highest BCUT2D eigenvalue weighted by atomic mass is 32.1. The first kappa shape index (κ1) is 25.5. The zero-order valence-electron chi connectivity index (χ0n) is 21.9. The van der Waals surface area contributed by atoms with Crippen LogP contribution >= 0.6 is 11.3 Å². The quantitative estimate of drug-likeness (QED) is 0.542. The van der Waals surface area contributed by atoms with Gasteiger partial charge in [-0.25, -0.2) is 9.78 Å². The van der Waals surface area contributed by atoms with Gasteiger partial charge in [-0.05, 0) is 75.7 Å². The second-order valence-electron chi connectivity index (χ2n) is 10.7. The molecule has 1 saturated carbocycles. The fourth-order valence-electron chi connectivity index (χ4n) is 6.09. The third-order valence-electron chi connectivity index (χ3n) is 8.02. The molecule has 3 fully saturated rings. The van der Waals surface area contributed by atoms with Crippen molar-refractivity contribution >= 4 is 22.5 Å². The van der Waals surface area contributed by atoms with Crippen molar-refractivity contribution in [2.45, 2.75) is 51.4 Å². The summed E-state index contributed by atoms with van der Waals surface area (Å²) in [7, 11) is 2.22. The van der Waals surface area contributed by atoms with E-state index in [1.807, 2.05) is 17.2 Å². The van der Waals surface area contributed by atoms with E-state index in [1.54, 1.807) is 0 Å². The molecule has 1 unspecified atom stereocenters. The largest absolute Gasteiger partial charge is 0.493 e. The number of piperidine rings is 1. The fourth-order valence-corrected chi connectivity index (χ4v) is 6.79. The van der Waals surface area contributed by atoms with Gasteiger partial charge >= 0.3 is 6.03 Å². The number of benzene rings is 1. The number of piperazine rings is 1. The van der Waals surface area contributed by atoms with Gasteiger partial charge in [-0.1, -0.05) is 18.9 Å². The molecular formula is C28H41N5O2S. The van der Waals surface area contributed by atoms with Gasteiger partial charge in [0.25, 0.3) is 0 Å². The lowest BCUT2D eigenvalue weighted by Gasteiger charge is -2.38. The number of hydrogen-bond acceptors (Lipinski definition) is 6. The highest BCUT2D eigenvalue weighted by Crippen LogP contribution is 2.39. The Balaban J connectivity index is 1.18. The Morgan fingerprint density at radius 1 is 1.11 bits per heavy atom. The molecule has 196 valence electrons. The molecule has 1 atom stereocenters. The van der Waals surface area contributed by atoms with E-state index in [2.05, 4.69) is 40.4 Å². The van der Waals surface area contributed by atoms with Crippen LogP contribution in [0.5, 0.6) is 5.75 Å². The zero-order chi connectivity index (χ0) is 24.9. The Bertz CT molecular complexity index is 1010. The van der Waals surface area contributed by atoms with E-state index in [1.165, 1.54) is 68.5 Å². The molecule has 3 heterocycles. The monoisotopic (exact) mass is 511 g/mol. The fraction of sp³-hybridized carbons (Fsp3) is 0.643. The minimum absolute atomic E-state index is 0.0438. The lowest BCUT2D eigenvalue weighted by molar-refractivity contribution is 0.109.